The van der Waals surface area contributed by atoms with Crippen molar-refractivity contribution in [2.45, 2.75) is 50.5 Å². The number of carbonyl (C=O) groups is 1. The van der Waals surface area contributed by atoms with Crippen molar-refractivity contribution in [3.05, 3.63) is 35.9 Å². The second-order valence-electron chi connectivity index (χ2n) is 5.32. The molecule has 1 aliphatic carbocycles. The van der Waals surface area contributed by atoms with Crippen LogP contribution in [0.3, 0.4) is 0 Å². The van der Waals surface area contributed by atoms with E-state index in [0.717, 1.165) is 25.7 Å². The largest absolute Gasteiger partial charge is 0.338 e. The van der Waals surface area contributed by atoms with Gasteiger partial charge >= 0.3 is 0 Å². The van der Waals surface area contributed by atoms with Gasteiger partial charge in [0.05, 0.1) is 6.07 Å². The van der Waals surface area contributed by atoms with Crippen molar-refractivity contribution >= 4 is 5.91 Å². The molecule has 1 fully saturated rings. The molecule has 3 nitrogen and oxygen atoms in total. The summed E-state index contributed by atoms with van der Waals surface area (Å²) in [7, 11) is 0. The molecule has 19 heavy (non-hydrogen) atoms. The monoisotopic (exact) mass is 256 g/mol. The minimum absolute atomic E-state index is 0.00282. The van der Waals surface area contributed by atoms with E-state index in [9.17, 15) is 4.79 Å². The van der Waals surface area contributed by atoms with Crippen molar-refractivity contribution in [3.8, 4) is 6.07 Å². The standard InChI is InChI=1S/C16H20N2O/c1-2-13(14-7-4-3-5-8-14)11-15(19)18-16(12-17)9-6-10-16/h3-5,7-8,13H,2,6,9-11H2,1H3,(H,18,19). The third-order valence-corrected chi connectivity index (χ3v) is 4.00. The number of carbonyl (C=O) groups excluding carboxylic acids is 1. The van der Waals surface area contributed by atoms with Gasteiger partial charge in [0.2, 0.25) is 5.91 Å². The number of rotatable bonds is 5. The van der Waals surface area contributed by atoms with Gasteiger partial charge in [-0.2, -0.15) is 5.26 Å². The van der Waals surface area contributed by atoms with Crippen molar-refractivity contribution in [1.29, 1.82) is 5.26 Å². The summed E-state index contributed by atoms with van der Waals surface area (Å²) in [5, 5.41) is 12.0. The fourth-order valence-corrected chi connectivity index (χ4v) is 2.56. The molecule has 0 aliphatic heterocycles. The van der Waals surface area contributed by atoms with E-state index in [1.807, 2.05) is 18.2 Å². The molecule has 3 heteroatoms. The zero-order valence-corrected chi connectivity index (χ0v) is 11.4. The van der Waals surface area contributed by atoms with Crippen LogP contribution in [0.15, 0.2) is 30.3 Å². The predicted octanol–water partition coefficient (Wildman–Crippen LogP) is 3.13. The van der Waals surface area contributed by atoms with Crippen molar-refractivity contribution in [2.24, 2.45) is 0 Å². The van der Waals surface area contributed by atoms with Gasteiger partial charge in [-0.15, -0.1) is 0 Å². The Bertz CT molecular complexity index is 471. The second kappa shape index (κ2) is 5.88. The van der Waals surface area contributed by atoms with Gasteiger partial charge in [-0.25, -0.2) is 0 Å². The van der Waals surface area contributed by atoms with Gasteiger partial charge in [0.1, 0.15) is 5.54 Å². The van der Waals surface area contributed by atoms with Gasteiger partial charge in [0, 0.05) is 6.42 Å². The third kappa shape index (κ3) is 3.14. The Labute approximate surface area is 114 Å². The van der Waals surface area contributed by atoms with Gasteiger partial charge < -0.3 is 5.32 Å². The van der Waals surface area contributed by atoms with Crippen LogP contribution >= 0.6 is 0 Å². The molecule has 1 unspecified atom stereocenters. The molecule has 0 spiro atoms. The summed E-state index contributed by atoms with van der Waals surface area (Å²) in [6.07, 6.45) is 4.00. The van der Waals surface area contributed by atoms with E-state index in [2.05, 4.69) is 30.4 Å². The highest BCUT2D eigenvalue weighted by Gasteiger charge is 2.38. The summed E-state index contributed by atoms with van der Waals surface area (Å²) in [4.78, 5) is 12.1. The number of benzene rings is 1. The Kier molecular flexibility index (Phi) is 4.21. The van der Waals surface area contributed by atoms with Crippen LogP contribution in [-0.4, -0.2) is 11.4 Å². The molecule has 100 valence electrons. The maximum atomic E-state index is 12.1. The first-order valence-corrected chi connectivity index (χ1v) is 6.96. The van der Waals surface area contributed by atoms with Gasteiger partial charge in [-0.05, 0) is 37.2 Å². The Balaban J connectivity index is 1.96. The maximum absolute atomic E-state index is 12.1. The smallest absolute Gasteiger partial charge is 0.221 e. The van der Waals surface area contributed by atoms with Crippen LogP contribution in [0.4, 0.5) is 0 Å². The zero-order chi connectivity index (χ0) is 13.7. The number of amides is 1. The Morgan fingerprint density at radius 2 is 2.11 bits per heavy atom. The molecule has 0 bridgehead atoms. The summed E-state index contributed by atoms with van der Waals surface area (Å²) < 4.78 is 0. The number of nitriles is 1. The summed E-state index contributed by atoms with van der Waals surface area (Å²) >= 11 is 0. The molecule has 1 N–H and O–H groups in total. The SMILES string of the molecule is CCC(CC(=O)NC1(C#N)CCC1)c1ccccc1. The summed E-state index contributed by atoms with van der Waals surface area (Å²) in [6.45, 7) is 2.09. The average Bonchev–Trinajstić information content (AvgIpc) is 2.41. The van der Waals surface area contributed by atoms with Crippen LogP contribution in [0.25, 0.3) is 0 Å². The maximum Gasteiger partial charge on any atom is 0.221 e. The second-order valence-corrected chi connectivity index (χ2v) is 5.32. The molecular formula is C16H20N2O. The van der Waals surface area contributed by atoms with Crippen LogP contribution in [0.1, 0.15) is 50.5 Å². The van der Waals surface area contributed by atoms with E-state index in [1.165, 1.54) is 5.56 Å². The number of nitrogens with one attached hydrogen (secondary N) is 1. The van der Waals surface area contributed by atoms with E-state index in [1.54, 1.807) is 0 Å². The highest BCUT2D eigenvalue weighted by Crippen LogP contribution is 2.31. The third-order valence-electron chi connectivity index (χ3n) is 4.00. The highest BCUT2D eigenvalue weighted by molar-refractivity contribution is 5.78. The number of nitrogens with zero attached hydrogens (tertiary/aromatic N) is 1. The fourth-order valence-electron chi connectivity index (χ4n) is 2.56. The molecule has 0 aromatic heterocycles. The lowest BCUT2D eigenvalue weighted by Gasteiger charge is -2.36. The van der Waals surface area contributed by atoms with E-state index in [4.69, 9.17) is 5.26 Å². The number of hydrogen-bond donors (Lipinski definition) is 1. The lowest BCUT2D eigenvalue weighted by atomic mass is 9.77. The predicted molar refractivity (Wildman–Crippen MR) is 74.4 cm³/mol. The normalized spacial score (nSPS) is 17.9. The van der Waals surface area contributed by atoms with Crippen LogP contribution in [0.2, 0.25) is 0 Å². The van der Waals surface area contributed by atoms with Crippen LogP contribution in [0, 0.1) is 11.3 Å². The molecule has 1 aromatic carbocycles. The molecule has 1 saturated carbocycles. The minimum atomic E-state index is -0.577. The zero-order valence-electron chi connectivity index (χ0n) is 11.4. The van der Waals surface area contributed by atoms with Crippen molar-refractivity contribution in [3.63, 3.8) is 0 Å². The molecule has 1 aromatic rings. The molecule has 0 saturated heterocycles. The van der Waals surface area contributed by atoms with E-state index in [0.29, 0.717) is 6.42 Å². The van der Waals surface area contributed by atoms with E-state index in [-0.39, 0.29) is 11.8 Å². The van der Waals surface area contributed by atoms with Gasteiger partial charge in [0.15, 0.2) is 0 Å². The highest BCUT2D eigenvalue weighted by atomic mass is 16.1. The topological polar surface area (TPSA) is 52.9 Å². The Hall–Kier alpha value is -1.82. The minimum Gasteiger partial charge on any atom is -0.338 e. The molecule has 0 heterocycles. The quantitative estimate of drug-likeness (QED) is 0.880. The Morgan fingerprint density at radius 1 is 1.42 bits per heavy atom. The molecule has 0 radical (unpaired) electrons. The lowest BCUT2D eigenvalue weighted by Crippen LogP contribution is -2.52. The van der Waals surface area contributed by atoms with Gasteiger partial charge in [-0.3, -0.25) is 4.79 Å². The van der Waals surface area contributed by atoms with Gasteiger partial charge in [0.25, 0.3) is 0 Å². The average molecular weight is 256 g/mol. The van der Waals surface area contributed by atoms with E-state index >= 15 is 0 Å². The number of hydrogen-bond acceptors (Lipinski definition) is 2. The Morgan fingerprint density at radius 3 is 2.58 bits per heavy atom. The molecule has 1 atom stereocenters. The molecule has 1 amide bonds. The fraction of sp³-hybridized carbons (Fsp3) is 0.500. The van der Waals surface area contributed by atoms with Crippen LogP contribution < -0.4 is 5.32 Å². The van der Waals surface area contributed by atoms with Crippen LogP contribution in [0.5, 0.6) is 0 Å². The summed E-state index contributed by atoms with van der Waals surface area (Å²) in [5.41, 5.74) is 0.617. The molecule has 2 rings (SSSR count). The van der Waals surface area contributed by atoms with Crippen LogP contribution in [-0.2, 0) is 4.79 Å². The van der Waals surface area contributed by atoms with Crippen molar-refractivity contribution < 1.29 is 4.79 Å². The first-order valence-electron chi connectivity index (χ1n) is 6.96. The van der Waals surface area contributed by atoms with E-state index < -0.39 is 5.54 Å². The first-order chi connectivity index (χ1) is 9.19. The van der Waals surface area contributed by atoms with Gasteiger partial charge in [-0.1, -0.05) is 37.3 Å². The molecular weight excluding hydrogens is 236 g/mol. The van der Waals surface area contributed by atoms with Crippen molar-refractivity contribution in [2.75, 3.05) is 0 Å². The lowest BCUT2D eigenvalue weighted by molar-refractivity contribution is -0.123. The first kappa shape index (κ1) is 13.6. The summed E-state index contributed by atoms with van der Waals surface area (Å²) in [5.74, 6) is 0.231. The summed E-state index contributed by atoms with van der Waals surface area (Å²) in [6, 6.07) is 12.3. The molecule has 1 aliphatic rings. The van der Waals surface area contributed by atoms with Crippen molar-refractivity contribution in [1.82, 2.24) is 5.32 Å².